The summed E-state index contributed by atoms with van der Waals surface area (Å²) in [5.41, 5.74) is 1.90. The quantitative estimate of drug-likeness (QED) is 0.307. The lowest BCUT2D eigenvalue weighted by atomic mass is 10.0. The van der Waals surface area contributed by atoms with Crippen molar-refractivity contribution in [3.8, 4) is 16.9 Å². The third kappa shape index (κ3) is 8.63. The van der Waals surface area contributed by atoms with Gasteiger partial charge in [-0.2, -0.15) is 0 Å². The third-order valence-electron chi connectivity index (χ3n) is 5.94. The number of carbonyl (C=O) groups is 2. The van der Waals surface area contributed by atoms with Gasteiger partial charge in [0.1, 0.15) is 16.9 Å². The first-order chi connectivity index (χ1) is 18.0. The first-order valence-corrected chi connectivity index (χ1v) is 12.8. The van der Waals surface area contributed by atoms with Gasteiger partial charge in [-0.1, -0.05) is 54.6 Å². The van der Waals surface area contributed by atoms with Crippen molar-refractivity contribution >= 4 is 17.7 Å². The van der Waals surface area contributed by atoms with Crippen molar-refractivity contribution < 1.29 is 24.2 Å². The van der Waals surface area contributed by atoms with Crippen LogP contribution in [-0.4, -0.2) is 41.0 Å². The summed E-state index contributed by atoms with van der Waals surface area (Å²) in [5.74, 6) is 0.123. The molecule has 0 heterocycles. The molecule has 1 unspecified atom stereocenters. The van der Waals surface area contributed by atoms with Gasteiger partial charge in [0.25, 0.3) is 5.91 Å². The molecule has 0 aromatic heterocycles. The largest absolute Gasteiger partial charge is 0.491 e. The molecule has 7 nitrogen and oxygen atoms in total. The van der Waals surface area contributed by atoms with Gasteiger partial charge < -0.3 is 25.2 Å². The zero-order chi connectivity index (χ0) is 27.8. The molecule has 3 rings (SSSR count). The lowest BCUT2D eigenvalue weighted by molar-refractivity contribution is -0.123. The van der Waals surface area contributed by atoms with E-state index in [2.05, 4.69) is 47.0 Å². The first-order valence-electron chi connectivity index (χ1n) is 12.8. The lowest BCUT2D eigenvalue weighted by Crippen LogP contribution is -2.58. The minimum Gasteiger partial charge on any atom is -0.491 e. The molecule has 7 heteroatoms. The van der Waals surface area contributed by atoms with Gasteiger partial charge in [-0.05, 0) is 88.4 Å². The SMILES string of the molecule is C[C@@H](CCc1ccc(-c2ccccc2)cc1)Oc1ccc(NC(=O)C(C)(CO)NC(=O)OC(C)(C)C)cc1. The maximum atomic E-state index is 12.8. The summed E-state index contributed by atoms with van der Waals surface area (Å²) in [7, 11) is 0. The third-order valence-corrected chi connectivity index (χ3v) is 5.94. The maximum absolute atomic E-state index is 12.8. The molecule has 0 aliphatic heterocycles. The van der Waals surface area contributed by atoms with Crippen molar-refractivity contribution in [2.45, 2.75) is 64.7 Å². The number of rotatable bonds is 10. The van der Waals surface area contributed by atoms with Crippen molar-refractivity contribution in [1.82, 2.24) is 5.32 Å². The zero-order valence-electron chi connectivity index (χ0n) is 22.8. The highest BCUT2D eigenvalue weighted by Crippen LogP contribution is 2.22. The zero-order valence-corrected chi connectivity index (χ0v) is 22.8. The number of carbonyl (C=O) groups excluding carboxylic acids is 2. The van der Waals surface area contributed by atoms with E-state index in [4.69, 9.17) is 9.47 Å². The number of ether oxygens (including phenoxy) is 2. The normalized spacial score (nSPS) is 13.6. The highest BCUT2D eigenvalue weighted by Gasteiger charge is 2.36. The van der Waals surface area contributed by atoms with Gasteiger partial charge in [0.15, 0.2) is 0 Å². The number of nitrogens with one attached hydrogen (secondary N) is 2. The van der Waals surface area contributed by atoms with Crippen LogP contribution in [0.5, 0.6) is 5.75 Å². The number of benzene rings is 3. The van der Waals surface area contributed by atoms with Crippen molar-refractivity contribution in [2.75, 3.05) is 11.9 Å². The van der Waals surface area contributed by atoms with Gasteiger partial charge in [0.2, 0.25) is 0 Å². The van der Waals surface area contributed by atoms with Crippen LogP contribution in [0, 0.1) is 0 Å². The van der Waals surface area contributed by atoms with Gasteiger partial charge >= 0.3 is 6.09 Å². The van der Waals surface area contributed by atoms with Crippen LogP contribution in [0.3, 0.4) is 0 Å². The van der Waals surface area contributed by atoms with Gasteiger partial charge in [0.05, 0.1) is 12.7 Å². The molecule has 0 saturated heterocycles. The molecule has 3 aromatic carbocycles. The second-order valence-corrected chi connectivity index (χ2v) is 10.6. The highest BCUT2D eigenvalue weighted by molar-refractivity contribution is 5.99. The fourth-order valence-electron chi connectivity index (χ4n) is 3.74. The Bertz CT molecular complexity index is 1190. The van der Waals surface area contributed by atoms with Crippen LogP contribution < -0.4 is 15.4 Å². The Morgan fingerprint density at radius 2 is 1.47 bits per heavy atom. The van der Waals surface area contributed by atoms with Crippen molar-refractivity contribution in [3.05, 3.63) is 84.4 Å². The Hall–Kier alpha value is -3.84. The van der Waals surface area contributed by atoms with E-state index >= 15 is 0 Å². The Labute approximate surface area is 225 Å². The van der Waals surface area contributed by atoms with E-state index in [1.165, 1.54) is 23.6 Å². The standard InChI is InChI=1S/C31H38N2O5/c1-22(11-12-23-13-15-25(16-14-23)24-9-7-6-8-10-24)37-27-19-17-26(18-20-27)32-28(35)31(5,21-34)33-29(36)38-30(2,3)4/h6-10,13-20,22,34H,11-12,21H2,1-5H3,(H,32,35)(H,33,36)/t22-,31?/m0/s1. The smallest absolute Gasteiger partial charge is 0.408 e. The highest BCUT2D eigenvalue weighted by atomic mass is 16.6. The molecule has 3 aromatic rings. The van der Waals surface area contributed by atoms with Gasteiger partial charge in [0, 0.05) is 5.69 Å². The summed E-state index contributed by atoms with van der Waals surface area (Å²) in [5, 5.41) is 14.9. The van der Waals surface area contributed by atoms with E-state index < -0.39 is 29.7 Å². The van der Waals surface area contributed by atoms with Crippen LogP contribution in [0.2, 0.25) is 0 Å². The van der Waals surface area contributed by atoms with Crippen molar-refractivity contribution in [3.63, 3.8) is 0 Å². The van der Waals surface area contributed by atoms with Gasteiger partial charge in [-0.25, -0.2) is 4.79 Å². The summed E-state index contributed by atoms with van der Waals surface area (Å²) in [6, 6.07) is 25.9. The monoisotopic (exact) mass is 518 g/mol. The number of hydrogen-bond donors (Lipinski definition) is 3. The molecule has 0 radical (unpaired) electrons. The molecule has 202 valence electrons. The van der Waals surface area contributed by atoms with Crippen LogP contribution in [-0.2, 0) is 16.0 Å². The molecule has 3 N–H and O–H groups in total. The summed E-state index contributed by atoms with van der Waals surface area (Å²) in [4.78, 5) is 24.9. The molecule has 0 saturated carbocycles. The first kappa shape index (κ1) is 28.7. The number of alkyl carbamates (subject to hydrolysis) is 1. The average molecular weight is 519 g/mol. The fraction of sp³-hybridized carbons (Fsp3) is 0.355. The van der Waals surface area contributed by atoms with E-state index in [1.807, 2.05) is 25.1 Å². The molecule has 2 amide bonds. The number of hydrogen-bond acceptors (Lipinski definition) is 5. The summed E-state index contributed by atoms with van der Waals surface area (Å²) in [6.07, 6.45) is 0.970. The molecular weight excluding hydrogens is 480 g/mol. The van der Waals surface area contributed by atoms with Gasteiger partial charge in [-0.15, -0.1) is 0 Å². The molecule has 2 atom stereocenters. The molecule has 0 aliphatic carbocycles. The maximum Gasteiger partial charge on any atom is 0.408 e. The summed E-state index contributed by atoms with van der Waals surface area (Å²) < 4.78 is 11.3. The number of aliphatic hydroxyl groups excluding tert-OH is 1. The second kappa shape index (κ2) is 12.6. The molecule has 0 spiro atoms. The second-order valence-electron chi connectivity index (χ2n) is 10.6. The lowest BCUT2D eigenvalue weighted by Gasteiger charge is -2.29. The molecule has 38 heavy (non-hydrogen) atoms. The molecule has 0 fully saturated rings. The van der Waals surface area contributed by atoms with Crippen molar-refractivity contribution in [2.24, 2.45) is 0 Å². The van der Waals surface area contributed by atoms with Crippen LogP contribution >= 0.6 is 0 Å². The predicted octanol–water partition coefficient (Wildman–Crippen LogP) is 5.97. The van der Waals surface area contributed by atoms with Crippen LogP contribution in [0.4, 0.5) is 10.5 Å². The number of aryl methyl sites for hydroxylation is 1. The number of amides is 2. The molecule has 0 aliphatic rings. The minimum absolute atomic E-state index is 0.0000461. The Morgan fingerprint density at radius 3 is 2.05 bits per heavy atom. The predicted molar refractivity (Wildman–Crippen MR) is 150 cm³/mol. The number of aliphatic hydroxyl groups is 1. The van der Waals surface area contributed by atoms with E-state index in [0.717, 1.165) is 12.8 Å². The molecule has 0 bridgehead atoms. The minimum atomic E-state index is -1.55. The van der Waals surface area contributed by atoms with Crippen LogP contribution in [0.25, 0.3) is 11.1 Å². The van der Waals surface area contributed by atoms with E-state index in [-0.39, 0.29) is 6.10 Å². The topological polar surface area (TPSA) is 96.9 Å². The fourth-order valence-corrected chi connectivity index (χ4v) is 3.74. The number of anilines is 1. The van der Waals surface area contributed by atoms with E-state index in [0.29, 0.717) is 11.4 Å². The Kier molecular flexibility index (Phi) is 9.53. The van der Waals surface area contributed by atoms with E-state index in [1.54, 1.807) is 45.0 Å². The van der Waals surface area contributed by atoms with Crippen LogP contribution in [0.1, 0.15) is 46.6 Å². The summed E-state index contributed by atoms with van der Waals surface area (Å²) >= 11 is 0. The molecular formula is C31H38N2O5. The van der Waals surface area contributed by atoms with Crippen LogP contribution in [0.15, 0.2) is 78.9 Å². The summed E-state index contributed by atoms with van der Waals surface area (Å²) in [6.45, 7) is 8.03. The van der Waals surface area contributed by atoms with Gasteiger partial charge in [-0.3, -0.25) is 4.79 Å². The van der Waals surface area contributed by atoms with Crippen molar-refractivity contribution in [1.29, 1.82) is 0 Å². The average Bonchev–Trinajstić information content (AvgIpc) is 2.88. The van der Waals surface area contributed by atoms with E-state index in [9.17, 15) is 14.7 Å². The Balaban J connectivity index is 1.49. The Morgan fingerprint density at radius 1 is 0.868 bits per heavy atom.